The Bertz CT molecular complexity index is 413. The van der Waals surface area contributed by atoms with Crippen molar-refractivity contribution in [3.8, 4) is 12.3 Å². The standard InChI is InChI=1S/C11H13N3O/c1-5-8-6-7-12-10(13-8)14-9(15)11(2,3)4/h1,6-7H,2-4H3,(H,12,13,14,15). The summed E-state index contributed by atoms with van der Waals surface area (Å²) in [5.41, 5.74) is -0.0237. The summed E-state index contributed by atoms with van der Waals surface area (Å²) >= 11 is 0. The Morgan fingerprint density at radius 2 is 2.20 bits per heavy atom. The molecule has 0 saturated carbocycles. The number of aromatic nitrogens is 2. The van der Waals surface area contributed by atoms with Gasteiger partial charge in [0.1, 0.15) is 5.69 Å². The topological polar surface area (TPSA) is 54.9 Å². The Morgan fingerprint density at radius 3 is 2.73 bits per heavy atom. The largest absolute Gasteiger partial charge is 0.294 e. The first kappa shape index (κ1) is 11.2. The second-order valence-electron chi connectivity index (χ2n) is 4.11. The molecule has 15 heavy (non-hydrogen) atoms. The van der Waals surface area contributed by atoms with Crippen LogP contribution in [-0.2, 0) is 4.79 Å². The molecule has 0 saturated heterocycles. The summed E-state index contributed by atoms with van der Waals surface area (Å²) in [4.78, 5) is 19.5. The number of rotatable bonds is 1. The number of hydrogen-bond acceptors (Lipinski definition) is 3. The number of carbonyl (C=O) groups excluding carboxylic acids is 1. The second kappa shape index (κ2) is 4.09. The minimum absolute atomic E-state index is 0.142. The van der Waals surface area contributed by atoms with Gasteiger partial charge in [0.2, 0.25) is 11.9 Å². The fourth-order valence-corrected chi connectivity index (χ4v) is 0.788. The zero-order valence-electron chi connectivity index (χ0n) is 9.03. The van der Waals surface area contributed by atoms with Crippen molar-refractivity contribution in [1.82, 2.24) is 9.97 Å². The lowest BCUT2D eigenvalue weighted by Gasteiger charge is -2.16. The van der Waals surface area contributed by atoms with Crippen LogP contribution in [0.3, 0.4) is 0 Å². The van der Waals surface area contributed by atoms with E-state index in [-0.39, 0.29) is 11.9 Å². The minimum Gasteiger partial charge on any atom is -0.294 e. The van der Waals surface area contributed by atoms with E-state index in [9.17, 15) is 4.79 Å². The third kappa shape index (κ3) is 3.06. The summed E-state index contributed by atoms with van der Waals surface area (Å²) in [5.74, 6) is 2.48. The van der Waals surface area contributed by atoms with Gasteiger partial charge in [-0.05, 0) is 6.07 Å². The van der Waals surface area contributed by atoms with Gasteiger partial charge in [0, 0.05) is 11.6 Å². The molecule has 0 bridgehead atoms. The Labute approximate surface area is 89.1 Å². The van der Waals surface area contributed by atoms with Crippen LogP contribution in [-0.4, -0.2) is 15.9 Å². The molecule has 0 fully saturated rings. The van der Waals surface area contributed by atoms with Crippen LogP contribution >= 0.6 is 0 Å². The first-order valence-corrected chi connectivity index (χ1v) is 4.54. The predicted octanol–water partition coefficient (Wildman–Crippen LogP) is 1.44. The third-order valence-corrected chi connectivity index (χ3v) is 1.71. The second-order valence-corrected chi connectivity index (χ2v) is 4.11. The van der Waals surface area contributed by atoms with Gasteiger partial charge in [0.05, 0.1) is 0 Å². The van der Waals surface area contributed by atoms with Gasteiger partial charge in [-0.15, -0.1) is 6.42 Å². The van der Waals surface area contributed by atoms with Crippen LogP contribution in [0.1, 0.15) is 26.5 Å². The van der Waals surface area contributed by atoms with E-state index < -0.39 is 5.41 Å². The van der Waals surface area contributed by atoms with Crippen LogP contribution in [0.4, 0.5) is 5.95 Å². The maximum absolute atomic E-state index is 11.6. The molecule has 0 aromatic carbocycles. The highest BCUT2D eigenvalue weighted by Gasteiger charge is 2.21. The van der Waals surface area contributed by atoms with Crippen molar-refractivity contribution < 1.29 is 4.79 Å². The normalized spacial score (nSPS) is 10.5. The highest BCUT2D eigenvalue weighted by Crippen LogP contribution is 2.15. The summed E-state index contributed by atoms with van der Waals surface area (Å²) in [5, 5.41) is 2.60. The zero-order chi connectivity index (χ0) is 11.5. The molecule has 0 spiro atoms. The minimum atomic E-state index is -0.477. The molecule has 4 nitrogen and oxygen atoms in total. The van der Waals surface area contributed by atoms with E-state index in [1.165, 1.54) is 6.20 Å². The lowest BCUT2D eigenvalue weighted by Crippen LogP contribution is -2.28. The van der Waals surface area contributed by atoms with Crippen molar-refractivity contribution in [3.63, 3.8) is 0 Å². The molecule has 78 valence electrons. The number of carbonyl (C=O) groups is 1. The molecule has 1 amide bonds. The van der Waals surface area contributed by atoms with Crippen molar-refractivity contribution in [2.45, 2.75) is 20.8 Å². The third-order valence-electron chi connectivity index (χ3n) is 1.71. The maximum Gasteiger partial charge on any atom is 0.232 e. The summed E-state index contributed by atoms with van der Waals surface area (Å²) in [6.07, 6.45) is 6.70. The van der Waals surface area contributed by atoms with E-state index in [0.717, 1.165) is 0 Å². The van der Waals surface area contributed by atoms with E-state index in [2.05, 4.69) is 21.2 Å². The van der Waals surface area contributed by atoms with Crippen molar-refractivity contribution in [2.75, 3.05) is 5.32 Å². The van der Waals surface area contributed by atoms with Gasteiger partial charge in [0.15, 0.2) is 0 Å². The summed E-state index contributed by atoms with van der Waals surface area (Å²) in [6.45, 7) is 5.44. The van der Waals surface area contributed by atoms with E-state index in [1.54, 1.807) is 6.07 Å². The summed E-state index contributed by atoms with van der Waals surface area (Å²) in [6, 6.07) is 1.60. The fraction of sp³-hybridized carbons (Fsp3) is 0.364. The number of amides is 1. The van der Waals surface area contributed by atoms with Gasteiger partial charge in [-0.3, -0.25) is 10.1 Å². The van der Waals surface area contributed by atoms with E-state index in [4.69, 9.17) is 6.42 Å². The summed E-state index contributed by atoms with van der Waals surface area (Å²) < 4.78 is 0. The Hall–Kier alpha value is -1.89. The van der Waals surface area contributed by atoms with Gasteiger partial charge in [-0.25, -0.2) is 9.97 Å². The molecule has 0 radical (unpaired) electrons. The molecule has 1 aromatic heterocycles. The predicted molar refractivity (Wildman–Crippen MR) is 58.1 cm³/mol. The molecule has 0 aliphatic rings. The molecule has 0 aliphatic heterocycles. The monoisotopic (exact) mass is 203 g/mol. The van der Waals surface area contributed by atoms with Crippen molar-refractivity contribution >= 4 is 11.9 Å². The highest BCUT2D eigenvalue weighted by molar-refractivity contribution is 5.92. The van der Waals surface area contributed by atoms with Crippen LogP contribution in [0.15, 0.2) is 12.3 Å². The molecule has 1 heterocycles. The van der Waals surface area contributed by atoms with Crippen molar-refractivity contribution in [3.05, 3.63) is 18.0 Å². The smallest absolute Gasteiger partial charge is 0.232 e. The Morgan fingerprint density at radius 1 is 1.53 bits per heavy atom. The molecule has 0 atom stereocenters. The van der Waals surface area contributed by atoms with Gasteiger partial charge in [-0.1, -0.05) is 26.7 Å². The molecule has 4 heteroatoms. The van der Waals surface area contributed by atoms with Gasteiger partial charge in [-0.2, -0.15) is 0 Å². The highest BCUT2D eigenvalue weighted by atomic mass is 16.2. The van der Waals surface area contributed by atoms with Crippen LogP contribution in [0.2, 0.25) is 0 Å². The average molecular weight is 203 g/mol. The fourth-order valence-electron chi connectivity index (χ4n) is 0.788. The first-order chi connectivity index (χ1) is 6.93. The van der Waals surface area contributed by atoms with E-state index >= 15 is 0 Å². The van der Waals surface area contributed by atoms with Crippen molar-refractivity contribution in [1.29, 1.82) is 0 Å². The molecule has 0 unspecified atom stereocenters. The zero-order valence-corrected chi connectivity index (χ0v) is 9.03. The average Bonchev–Trinajstić information content (AvgIpc) is 2.16. The SMILES string of the molecule is C#Cc1ccnc(NC(=O)C(C)(C)C)n1. The quantitative estimate of drug-likeness (QED) is 0.703. The van der Waals surface area contributed by atoms with Gasteiger partial charge < -0.3 is 0 Å². The molecule has 1 rings (SSSR count). The number of nitrogens with zero attached hydrogens (tertiary/aromatic N) is 2. The molecule has 1 aromatic rings. The van der Waals surface area contributed by atoms with Crippen LogP contribution in [0, 0.1) is 17.8 Å². The number of anilines is 1. The molecule has 0 aliphatic carbocycles. The number of nitrogens with one attached hydrogen (secondary N) is 1. The molecule has 1 N–H and O–H groups in total. The van der Waals surface area contributed by atoms with Crippen LogP contribution < -0.4 is 5.32 Å². The van der Waals surface area contributed by atoms with E-state index in [1.807, 2.05) is 20.8 Å². The van der Waals surface area contributed by atoms with Crippen molar-refractivity contribution in [2.24, 2.45) is 5.41 Å². The molecular weight excluding hydrogens is 190 g/mol. The van der Waals surface area contributed by atoms with Crippen LogP contribution in [0.25, 0.3) is 0 Å². The lowest BCUT2D eigenvalue weighted by atomic mass is 9.96. The van der Waals surface area contributed by atoms with E-state index in [0.29, 0.717) is 5.69 Å². The lowest BCUT2D eigenvalue weighted by molar-refractivity contribution is -0.123. The van der Waals surface area contributed by atoms with Crippen LogP contribution in [0.5, 0.6) is 0 Å². The maximum atomic E-state index is 11.6. The Kier molecular flexibility index (Phi) is 3.05. The first-order valence-electron chi connectivity index (χ1n) is 4.54. The number of terminal acetylenes is 1. The summed E-state index contributed by atoms with van der Waals surface area (Å²) in [7, 11) is 0. The molecular formula is C11H13N3O. The van der Waals surface area contributed by atoms with Gasteiger partial charge in [0.25, 0.3) is 0 Å². The van der Waals surface area contributed by atoms with Gasteiger partial charge >= 0.3 is 0 Å². The Balaban J connectivity index is 2.83. The number of hydrogen-bond donors (Lipinski definition) is 1.